The largest absolute Gasteiger partial charge is 0.362 e. The van der Waals surface area contributed by atoms with Gasteiger partial charge in [-0.25, -0.2) is 0 Å². The van der Waals surface area contributed by atoms with Gasteiger partial charge in [0.25, 0.3) is 0 Å². The van der Waals surface area contributed by atoms with E-state index in [9.17, 15) is 9.59 Å². The number of hydrogen-bond donors (Lipinski definition) is 2. The van der Waals surface area contributed by atoms with Crippen LogP contribution in [0.15, 0.2) is 24.5 Å². The fourth-order valence-electron chi connectivity index (χ4n) is 2.48. The number of pyridine rings is 1. The lowest BCUT2D eigenvalue weighted by Gasteiger charge is -2.38. The Hall–Kier alpha value is -1.99. The first-order chi connectivity index (χ1) is 11.1. The molecule has 1 aliphatic rings. The summed E-state index contributed by atoms with van der Waals surface area (Å²) in [5.74, 6) is -0.325. The van der Waals surface area contributed by atoms with Crippen molar-refractivity contribution in [2.45, 2.75) is 32.5 Å². The predicted octanol–water partition coefficient (Wildman–Crippen LogP) is -0.0768. The summed E-state index contributed by atoms with van der Waals surface area (Å²) >= 11 is 0. The van der Waals surface area contributed by atoms with Gasteiger partial charge in [-0.2, -0.15) is 0 Å². The molecule has 23 heavy (non-hydrogen) atoms. The van der Waals surface area contributed by atoms with Crippen LogP contribution < -0.4 is 10.6 Å². The second-order valence-corrected chi connectivity index (χ2v) is 5.70. The van der Waals surface area contributed by atoms with Crippen molar-refractivity contribution in [3.05, 3.63) is 30.1 Å². The average Bonchev–Trinajstić information content (AvgIpc) is 2.56. The zero-order valence-electron chi connectivity index (χ0n) is 13.6. The van der Waals surface area contributed by atoms with Gasteiger partial charge < -0.3 is 20.3 Å². The van der Waals surface area contributed by atoms with Crippen molar-refractivity contribution >= 4 is 11.8 Å². The van der Waals surface area contributed by atoms with E-state index >= 15 is 0 Å². The molecule has 0 bridgehead atoms. The Morgan fingerprint density at radius 2 is 2.26 bits per heavy atom. The maximum atomic E-state index is 12.1. The third-order valence-electron chi connectivity index (χ3n) is 4.03. The molecule has 1 aliphatic heterocycles. The number of nitrogens with one attached hydrogen (secondary N) is 2. The van der Waals surface area contributed by atoms with E-state index in [1.165, 1.54) is 0 Å². The Labute approximate surface area is 136 Å². The number of hydrogen-bond acceptors (Lipinski definition) is 5. The zero-order chi connectivity index (χ0) is 16.7. The average molecular weight is 320 g/mol. The monoisotopic (exact) mass is 320 g/mol. The third kappa shape index (κ3) is 5.30. The molecule has 1 aromatic rings. The molecule has 2 unspecified atom stereocenters. The fourth-order valence-corrected chi connectivity index (χ4v) is 2.48. The van der Waals surface area contributed by atoms with Gasteiger partial charge >= 0.3 is 0 Å². The number of piperazine rings is 1. The van der Waals surface area contributed by atoms with Crippen LogP contribution in [0.2, 0.25) is 0 Å². The predicted molar refractivity (Wildman–Crippen MR) is 85.5 cm³/mol. The van der Waals surface area contributed by atoms with Gasteiger partial charge in [-0.3, -0.25) is 14.6 Å². The summed E-state index contributed by atoms with van der Waals surface area (Å²) in [6.45, 7) is 5.71. The maximum Gasteiger partial charge on any atom is 0.248 e. The first-order valence-electron chi connectivity index (χ1n) is 7.84. The molecule has 2 amide bonds. The zero-order valence-corrected chi connectivity index (χ0v) is 13.6. The molecule has 2 N–H and O–H groups in total. The van der Waals surface area contributed by atoms with Crippen LogP contribution in [0.1, 0.15) is 19.4 Å². The van der Waals surface area contributed by atoms with Crippen LogP contribution in [-0.4, -0.2) is 60.1 Å². The Kier molecular flexibility index (Phi) is 6.49. The normalized spacial score (nSPS) is 21.0. The van der Waals surface area contributed by atoms with E-state index in [0.717, 1.165) is 12.1 Å². The van der Waals surface area contributed by atoms with Gasteiger partial charge in [0.1, 0.15) is 13.2 Å². The summed E-state index contributed by atoms with van der Waals surface area (Å²) < 4.78 is 5.24. The number of aromatic nitrogens is 1. The van der Waals surface area contributed by atoms with Gasteiger partial charge in [0.05, 0.1) is 0 Å². The molecule has 7 nitrogen and oxygen atoms in total. The summed E-state index contributed by atoms with van der Waals surface area (Å²) in [7, 11) is 0. The van der Waals surface area contributed by atoms with Gasteiger partial charge in [-0.1, -0.05) is 6.07 Å². The molecule has 1 aromatic heterocycles. The Bertz CT molecular complexity index is 523. The Morgan fingerprint density at radius 1 is 1.43 bits per heavy atom. The fraction of sp³-hybridized carbons (Fsp3) is 0.562. The molecule has 2 atom stereocenters. The lowest BCUT2D eigenvalue weighted by molar-refractivity contribution is -0.141. The number of ether oxygens (including phenoxy) is 1. The van der Waals surface area contributed by atoms with Gasteiger partial charge in [0, 0.05) is 44.1 Å². The molecular formula is C16H24N4O3. The molecule has 2 rings (SSSR count). The molecule has 2 heterocycles. The van der Waals surface area contributed by atoms with Crippen molar-refractivity contribution in [3.63, 3.8) is 0 Å². The van der Waals surface area contributed by atoms with Crippen LogP contribution in [0.3, 0.4) is 0 Å². The third-order valence-corrected chi connectivity index (χ3v) is 4.03. The van der Waals surface area contributed by atoms with E-state index in [1.54, 1.807) is 17.3 Å². The molecule has 126 valence electrons. The van der Waals surface area contributed by atoms with Gasteiger partial charge in [-0.05, 0) is 25.5 Å². The lowest BCUT2D eigenvalue weighted by Crippen LogP contribution is -2.57. The number of rotatable bonds is 6. The van der Waals surface area contributed by atoms with E-state index in [-0.39, 0.29) is 37.1 Å². The molecule has 0 saturated carbocycles. The van der Waals surface area contributed by atoms with E-state index in [0.29, 0.717) is 13.1 Å². The summed E-state index contributed by atoms with van der Waals surface area (Å²) in [5, 5.41) is 6.05. The highest BCUT2D eigenvalue weighted by Crippen LogP contribution is 2.09. The number of nitrogens with zero attached hydrogens (tertiary/aromatic N) is 2. The van der Waals surface area contributed by atoms with Crippen molar-refractivity contribution in [1.29, 1.82) is 0 Å². The summed E-state index contributed by atoms with van der Waals surface area (Å²) in [5.41, 5.74) is 0.917. The van der Waals surface area contributed by atoms with E-state index in [1.807, 2.05) is 19.1 Å². The Balaban J connectivity index is 1.66. The van der Waals surface area contributed by atoms with E-state index in [4.69, 9.17) is 4.74 Å². The molecule has 0 aliphatic carbocycles. The molecule has 7 heteroatoms. The van der Waals surface area contributed by atoms with Crippen LogP contribution >= 0.6 is 0 Å². The molecule has 0 aromatic carbocycles. The minimum Gasteiger partial charge on any atom is -0.362 e. The van der Waals surface area contributed by atoms with Gasteiger partial charge in [0.15, 0.2) is 0 Å². The SMILES string of the molecule is CC1NCCN(C(=O)COCC(=O)NCc2cccnc2)C1C. The molecule has 1 saturated heterocycles. The van der Waals surface area contributed by atoms with Gasteiger partial charge in [0.2, 0.25) is 11.8 Å². The maximum absolute atomic E-state index is 12.1. The van der Waals surface area contributed by atoms with Crippen LogP contribution in [0.4, 0.5) is 0 Å². The van der Waals surface area contributed by atoms with Crippen molar-refractivity contribution in [3.8, 4) is 0 Å². The van der Waals surface area contributed by atoms with Crippen LogP contribution in [-0.2, 0) is 20.9 Å². The second-order valence-electron chi connectivity index (χ2n) is 5.70. The highest BCUT2D eigenvalue weighted by molar-refractivity contribution is 5.80. The molecule has 0 radical (unpaired) electrons. The number of carbonyl (C=O) groups is 2. The second kappa shape index (κ2) is 8.59. The van der Waals surface area contributed by atoms with E-state index in [2.05, 4.69) is 22.5 Å². The standard InChI is InChI=1S/C16H24N4O3/c1-12-13(2)20(7-6-18-12)16(22)11-23-10-15(21)19-9-14-4-3-5-17-8-14/h3-5,8,12-13,18H,6-7,9-11H2,1-2H3,(H,19,21). The number of amides is 2. The van der Waals surface area contributed by atoms with E-state index < -0.39 is 0 Å². The van der Waals surface area contributed by atoms with Gasteiger partial charge in [-0.15, -0.1) is 0 Å². The van der Waals surface area contributed by atoms with Crippen molar-refractivity contribution in [1.82, 2.24) is 20.5 Å². The highest BCUT2D eigenvalue weighted by Gasteiger charge is 2.27. The van der Waals surface area contributed by atoms with Crippen LogP contribution in [0.5, 0.6) is 0 Å². The van der Waals surface area contributed by atoms with Crippen LogP contribution in [0, 0.1) is 0 Å². The lowest BCUT2D eigenvalue weighted by atomic mass is 10.1. The molecular weight excluding hydrogens is 296 g/mol. The number of carbonyl (C=O) groups excluding carboxylic acids is 2. The van der Waals surface area contributed by atoms with Crippen molar-refractivity contribution in [2.24, 2.45) is 0 Å². The highest BCUT2D eigenvalue weighted by atomic mass is 16.5. The smallest absolute Gasteiger partial charge is 0.248 e. The topological polar surface area (TPSA) is 83.6 Å². The van der Waals surface area contributed by atoms with Crippen molar-refractivity contribution in [2.75, 3.05) is 26.3 Å². The quantitative estimate of drug-likeness (QED) is 0.766. The Morgan fingerprint density at radius 3 is 3.00 bits per heavy atom. The first kappa shape index (κ1) is 17.4. The molecule has 0 spiro atoms. The first-order valence-corrected chi connectivity index (χ1v) is 7.84. The summed E-state index contributed by atoms with van der Waals surface area (Å²) in [6.07, 6.45) is 3.37. The summed E-state index contributed by atoms with van der Waals surface area (Å²) in [6, 6.07) is 4.08. The van der Waals surface area contributed by atoms with Crippen molar-refractivity contribution < 1.29 is 14.3 Å². The minimum atomic E-state index is -0.247. The minimum absolute atomic E-state index is 0.0721. The molecule has 1 fully saturated rings. The van der Waals surface area contributed by atoms with Crippen LogP contribution in [0.25, 0.3) is 0 Å². The summed E-state index contributed by atoms with van der Waals surface area (Å²) in [4.78, 5) is 29.6.